The molecular weight excluding hydrogens is 270 g/mol. The van der Waals surface area contributed by atoms with E-state index in [4.69, 9.17) is 4.42 Å². The zero-order chi connectivity index (χ0) is 12.1. The fourth-order valence-corrected chi connectivity index (χ4v) is 2.05. The third kappa shape index (κ3) is 4.16. The molecule has 0 saturated heterocycles. The Morgan fingerprint density at radius 1 is 1.44 bits per heavy atom. The van der Waals surface area contributed by atoms with Crippen LogP contribution in [0.5, 0.6) is 0 Å². The standard InChI is InChI=1S/C12H13N3OS.ClH/c1-9(2)5-7-17-12-15-14-11(16-12)10-4-3-6-13-8-10;/h3-4,6,8H,1,5,7H2,2H3;1H. The second-order valence-corrected chi connectivity index (χ2v) is 4.72. The van der Waals surface area contributed by atoms with Gasteiger partial charge < -0.3 is 4.42 Å². The zero-order valence-electron chi connectivity index (χ0n) is 10.00. The van der Waals surface area contributed by atoms with Gasteiger partial charge in [-0.15, -0.1) is 29.2 Å². The molecule has 0 bridgehead atoms. The molecule has 0 saturated carbocycles. The van der Waals surface area contributed by atoms with Crippen LogP contribution in [-0.2, 0) is 0 Å². The summed E-state index contributed by atoms with van der Waals surface area (Å²) in [5.74, 6) is 1.42. The zero-order valence-corrected chi connectivity index (χ0v) is 11.6. The van der Waals surface area contributed by atoms with Crippen LogP contribution in [0.2, 0.25) is 0 Å². The summed E-state index contributed by atoms with van der Waals surface area (Å²) in [6, 6.07) is 3.73. The first kappa shape index (κ1) is 14.7. The van der Waals surface area contributed by atoms with E-state index in [0.29, 0.717) is 11.1 Å². The molecule has 0 N–H and O–H groups in total. The van der Waals surface area contributed by atoms with Gasteiger partial charge in [-0.2, -0.15) is 0 Å². The SMILES string of the molecule is C=C(C)CCSc1nnc(-c2cccnc2)o1.Cl. The van der Waals surface area contributed by atoms with Gasteiger partial charge in [0.05, 0.1) is 5.56 Å². The van der Waals surface area contributed by atoms with Gasteiger partial charge in [0.25, 0.3) is 5.22 Å². The lowest BCUT2D eigenvalue weighted by Crippen LogP contribution is -1.80. The van der Waals surface area contributed by atoms with E-state index < -0.39 is 0 Å². The third-order valence-corrected chi connectivity index (χ3v) is 2.89. The molecule has 2 aromatic heterocycles. The number of allylic oxidation sites excluding steroid dienone is 1. The van der Waals surface area contributed by atoms with Gasteiger partial charge in [-0.1, -0.05) is 17.3 Å². The summed E-state index contributed by atoms with van der Waals surface area (Å²) in [6.07, 6.45) is 4.37. The number of hydrogen-bond donors (Lipinski definition) is 0. The highest BCUT2D eigenvalue weighted by atomic mass is 35.5. The molecule has 96 valence electrons. The molecular formula is C12H14ClN3OS. The lowest BCUT2D eigenvalue weighted by molar-refractivity contribution is 0.466. The van der Waals surface area contributed by atoms with Crippen molar-refractivity contribution in [2.24, 2.45) is 0 Å². The number of rotatable bonds is 5. The van der Waals surface area contributed by atoms with Gasteiger partial charge in [0.2, 0.25) is 5.89 Å². The van der Waals surface area contributed by atoms with Crippen molar-refractivity contribution < 1.29 is 4.42 Å². The summed E-state index contributed by atoms with van der Waals surface area (Å²) in [7, 11) is 0. The van der Waals surface area contributed by atoms with Crippen molar-refractivity contribution in [2.45, 2.75) is 18.6 Å². The van der Waals surface area contributed by atoms with Crippen LogP contribution in [0.1, 0.15) is 13.3 Å². The first-order valence-corrected chi connectivity index (χ1v) is 6.25. The highest BCUT2D eigenvalue weighted by Gasteiger charge is 2.08. The fraction of sp³-hybridized carbons (Fsp3) is 0.250. The normalized spacial score (nSPS) is 9.83. The molecule has 0 atom stereocenters. The molecule has 6 heteroatoms. The van der Waals surface area contributed by atoms with Crippen molar-refractivity contribution >= 4 is 24.2 Å². The topological polar surface area (TPSA) is 51.8 Å². The predicted molar refractivity (Wildman–Crippen MR) is 74.9 cm³/mol. The van der Waals surface area contributed by atoms with Gasteiger partial charge in [0.15, 0.2) is 0 Å². The quantitative estimate of drug-likeness (QED) is 0.620. The second-order valence-electron chi connectivity index (χ2n) is 3.67. The molecule has 0 aliphatic rings. The van der Waals surface area contributed by atoms with E-state index in [1.54, 1.807) is 24.2 Å². The maximum atomic E-state index is 5.52. The molecule has 2 rings (SSSR count). The van der Waals surface area contributed by atoms with Crippen molar-refractivity contribution in [3.63, 3.8) is 0 Å². The van der Waals surface area contributed by atoms with Crippen molar-refractivity contribution in [1.82, 2.24) is 15.2 Å². The molecule has 2 heterocycles. The van der Waals surface area contributed by atoms with E-state index in [9.17, 15) is 0 Å². The van der Waals surface area contributed by atoms with Crippen molar-refractivity contribution in [3.05, 3.63) is 36.7 Å². The number of hydrogen-bond acceptors (Lipinski definition) is 5. The van der Waals surface area contributed by atoms with Crippen LogP contribution in [0.25, 0.3) is 11.5 Å². The van der Waals surface area contributed by atoms with E-state index in [0.717, 1.165) is 23.3 Å². The molecule has 4 nitrogen and oxygen atoms in total. The van der Waals surface area contributed by atoms with E-state index in [1.807, 2.05) is 19.1 Å². The summed E-state index contributed by atoms with van der Waals surface area (Å²) in [4.78, 5) is 4.01. The average Bonchev–Trinajstić information content (AvgIpc) is 2.78. The smallest absolute Gasteiger partial charge is 0.276 e. The van der Waals surface area contributed by atoms with Crippen molar-refractivity contribution in [2.75, 3.05) is 5.75 Å². The summed E-state index contributed by atoms with van der Waals surface area (Å²) in [6.45, 7) is 5.86. The van der Waals surface area contributed by atoms with Crippen LogP contribution in [0.3, 0.4) is 0 Å². The lowest BCUT2D eigenvalue weighted by atomic mass is 10.3. The summed E-state index contributed by atoms with van der Waals surface area (Å²) in [5.41, 5.74) is 2.00. The number of halogens is 1. The minimum Gasteiger partial charge on any atom is -0.411 e. The minimum absolute atomic E-state index is 0. The van der Waals surface area contributed by atoms with Gasteiger partial charge in [-0.3, -0.25) is 4.98 Å². The Morgan fingerprint density at radius 2 is 2.28 bits per heavy atom. The second kappa shape index (κ2) is 7.18. The average molecular weight is 284 g/mol. The van der Waals surface area contributed by atoms with E-state index in [1.165, 1.54) is 0 Å². The molecule has 0 spiro atoms. The largest absolute Gasteiger partial charge is 0.411 e. The Bertz CT molecular complexity index is 501. The van der Waals surface area contributed by atoms with E-state index in [-0.39, 0.29) is 12.4 Å². The summed E-state index contributed by atoms with van der Waals surface area (Å²) >= 11 is 1.54. The number of aromatic nitrogens is 3. The van der Waals surface area contributed by atoms with Crippen LogP contribution in [0.15, 0.2) is 46.3 Å². The number of nitrogens with zero attached hydrogens (tertiary/aromatic N) is 3. The van der Waals surface area contributed by atoms with Crippen LogP contribution >= 0.6 is 24.2 Å². The molecule has 0 aliphatic carbocycles. The molecule has 0 fully saturated rings. The van der Waals surface area contributed by atoms with Crippen LogP contribution in [-0.4, -0.2) is 20.9 Å². The Hall–Kier alpha value is -1.33. The van der Waals surface area contributed by atoms with Crippen molar-refractivity contribution in [1.29, 1.82) is 0 Å². The highest BCUT2D eigenvalue weighted by molar-refractivity contribution is 7.99. The van der Waals surface area contributed by atoms with Crippen LogP contribution < -0.4 is 0 Å². The minimum atomic E-state index is 0. The van der Waals surface area contributed by atoms with Gasteiger partial charge in [0, 0.05) is 18.1 Å². The summed E-state index contributed by atoms with van der Waals surface area (Å²) < 4.78 is 5.52. The van der Waals surface area contributed by atoms with E-state index in [2.05, 4.69) is 21.8 Å². The Morgan fingerprint density at radius 3 is 2.94 bits per heavy atom. The van der Waals surface area contributed by atoms with Gasteiger partial charge in [-0.05, 0) is 25.5 Å². The molecule has 18 heavy (non-hydrogen) atoms. The monoisotopic (exact) mass is 283 g/mol. The Balaban J connectivity index is 0.00000162. The van der Waals surface area contributed by atoms with Crippen LogP contribution in [0, 0.1) is 0 Å². The molecule has 0 aliphatic heterocycles. The first-order valence-electron chi connectivity index (χ1n) is 5.27. The first-order chi connectivity index (χ1) is 8.25. The maximum absolute atomic E-state index is 5.52. The fourth-order valence-electron chi connectivity index (χ4n) is 1.19. The molecule has 2 aromatic rings. The summed E-state index contributed by atoms with van der Waals surface area (Å²) in [5, 5.41) is 8.55. The highest BCUT2D eigenvalue weighted by Crippen LogP contribution is 2.23. The molecule has 0 amide bonds. The number of pyridine rings is 1. The number of thioether (sulfide) groups is 1. The lowest BCUT2D eigenvalue weighted by Gasteiger charge is -1.95. The predicted octanol–water partition coefficient (Wildman–Crippen LogP) is 3.61. The van der Waals surface area contributed by atoms with Gasteiger partial charge >= 0.3 is 0 Å². The molecule has 0 unspecified atom stereocenters. The van der Waals surface area contributed by atoms with Crippen LogP contribution in [0.4, 0.5) is 0 Å². The van der Waals surface area contributed by atoms with E-state index >= 15 is 0 Å². The van der Waals surface area contributed by atoms with Gasteiger partial charge in [-0.25, -0.2) is 0 Å². The molecule has 0 radical (unpaired) electrons. The third-order valence-electron chi connectivity index (χ3n) is 2.07. The van der Waals surface area contributed by atoms with Crippen molar-refractivity contribution in [3.8, 4) is 11.5 Å². The Kier molecular flexibility index (Phi) is 5.88. The van der Waals surface area contributed by atoms with Gasteiger partial charge in [0.1, 0.15) is 0 Å². The molecule has 0 aromatic carbocycles. The Labute approximate surface area is 116 Å². The maximum Gasteiger partial charge on any atom is 0.276 e.